The average molecular weight is 335 g/mol. The molecular weight excluding hydrogens is 296 g/mol. The van der Waals surface area contributed by atoms with Crippen molar-refractivity contribution in [3.05, 3.63) is 12.1 Å². The van der Waals surface area contributed by atoms with E-state index in [4.69, 9.17) is 0 Å². The lowest BCUT2D eigenvalue weighted by Gasteiger charge is -2.26. The van der Waals surface area contributed by atoms with Gasteiger partial charge in [0.2, 0.25) is 0 Å². The summed E-state index contributed by atoms with van der Waals surface area (Å²) < 4.78 is 0. The summed E-state index contributed by atoms with van der Waals surface area (Å²) in [7, 11) is 0. The van der Waals surface area contributed by atoms with Gasteiger partial charge in [-0.15, -0.1) is 0 Å². The van der Waals surface area contributed by atoms with Gasteiger partial charge in [0.1, 0.15) is 0 Å². The molecule has 4 heteroatoms. The molecule has 0 aliphatic rings. The standard InChI is InChI=1S/C20H38N4/c1-9-21-15-11-17(23-13-19(3,4)5)18(12-16(15)22-10-2)24-14-20(6,7)8/h11-12,21-24H,9-10,13-14H2,1-8H3. The highest BCUT2D eigenvalue weighted by Gasteiger charge is 2.16. The van der Waals surface area contributed by atoms with Gasteiger partial charge in [0.05, 0.1) is 22.7 Å². The normalized spacial score (nSPS) is 12.0. The van der Waals surface area contributed by atoms with Crippen LogP contribution in [0.3, 0.4) is 0 Å². The number of nitrogens with one attached hydrogen (secondary N) is 4. The fourth-order valence-corrected chi connectivity index (χ4v) is 2.29. The minimum Gasteiger partial charge on any atom is -0.384 e. The highest BCUT2D eigenvalue weighted by atomic mass is 15.0. The first-order chi connectivity index (χ1) is 11.1. The van der Waals surface area contributed by atoms with E-state index < -0.39 is 0 Å². The minimum absolute atomic E-state index is 0.236. The molecule has 138 valence electrons. The first-order valence-corrected chi connectivity index (χ1v) is 9.19. The predicted octanol–water partition coefficient (Wildman–Crippen LogP) is 5.47. The zero-order valence-electron chi connectivity index (χ0n) is 17.0. The lowest BCUT2D eigenvalue weighted by Crippen LogP contribution is -2.22. The molecule has 24 heavy (non-hydrogen) atoms. The molecule has 0 heterocycles. The smallest absolute Gasteiger partial charge is 0.0598 e. The van der Waals surface area contributed by atoms with Crippen molar-refractivity contribution in [1.29, 1.82) is 0 Å². The van der Waals surface area contributed by atoms with Gasteiger partial charge in [-0.3, -0.25) is 0 Å². The first kappa shape index (κ1) is 20.5. The van der Waals surface area contributed by atoms with E-state index in [1.54, 1.807) is 0 Å². The Labute approximate surface area is 149 Å². The maximum atomic E-state index is 3.63. The molecule has 0 atom stereocenters. The molecule has 0 unspecified atom stereocenters. The van der Waals surface area contributed by atoms with Gasteiger partial charge in [-0.2, -0.15) is 0 Å². The molecule has 1 rings (SSSR count). The summed E-state index contributed by atoms with van der Waals surface area (Å²) in [6.07, 6.45) is 0. The quantitative estimate of drug-likeness (QED) is 0.509. The van der Waals surface area contributed by atoms with Gasteiger partial charge in [-0.05, 0) is 36.8 Å². The van der Waals surface area contributed by atoms with Crippen molar-refractivity contribution >= 4 is 22.7 Å². The summed E-state index contributed by atoms with van der Waals surface area (Å²) in [5.74, 6) is 0. The average Bonchev–Trinajstić information content (AvgIpc) is 2.44. The summed E-state index contributed by atoms with van der Waals surface area (Å²) >= 11 is 0. The van der Waals surface area contributed by atoms with Crippen molar-refractivity contribution in [2.24, 2.45) is 10.8 Å². The summed E-state index contributed by atoms with van der Waals surface area (Å²) in [4.78, 5) is 0. The van der Waals surface area contributed by atoms with Gasteiger partial charge in [0, 0.05) is 26.2 Å². The van der Waals surface area contributed by atoms with Crippen LogP contribution in [0.4, 0.5) is 22.7 Å². The summed E-state index contributed by atoms with van der Waals surface area (Å²) in [5.41, 5.74) is 5.09. The molecule has 0 saturated carbocycles. The van der Waals surface area contributed by atoms with E-state index in [2.05, 4.69) is 88.8 Å². The number of anilines is 4. The Morgan fingerprint density at radius 2 is 0.875 bits per heavy atom. The molecule has 1 aromatic carbocycles. The second-order valence-electron chi connectivity index (χ2n) is 8.83. The molecule has 0 saturated heterocycles. The van der Waals surface area contributed by atoms with Crippen molar-refractivity contribution in [3.63, 3.8) is 0 Å². The lowest BCUT2D eigenvalue weighted by molar-refractivity contribution is 0.441. The third kappa shape index (κ3) is 7.33. The number of hydrogen-bond donors (Lipinski definition) is 4. The van der Waals surface area contributed by atoms with Crippen molar-refractivity contribution in [3.8, 4) is 0 Å². The fourth-order valence-electron chi connectivity index (χ4n) is 2.29. The zero-order valence-corrected chi connectivity index (χ0v) is 17.0. The van der Waals surface area contributed by atoms with Crippen molar-refractivity contribution in [2.75, 3.05) is 47.4 Å². The lowest BCUT2D eigenvalue weighted by atomic mass is 9.96. The number of benzene rings is 1. The van der Waals surface area contributed by atoms with E-state index in [1.165, 1.54) is 0 Å². The maximum Gasteiger partial charge on any atom is 0.0598 e. The SMILES string of the molecule is CCNc1cc(NCC(C)(C)C)c(NCC(C)(C)C)cc1NCC. The van der Waals surface area contributed by atoms with Gasteiger partial charge < -0.3 is 21.3 Å². The van der Waals surface area contributed by atoms with Crippen LogP contribution in [0.1, 0.15) is 55.4 Å². The third-order valence-corrected chi connectivity index (χ3v) is 3.51. The zero-order chi connectivity index (χ0) is 18.4. The van der Waals surface area contributed by atoms with E-state index in [0.717, 1.165) is 48.9 Å². The first-order valence-electron chi connectivity index (χ1n) is 9.19. The van der Waals surface area contributed by atoms with Crippen LogP contribution in [-0.2, 0) is 0 Å². The highest BCUT2D eigenvalue weighted by Crippen LogP contribution is 2.34. The minimum atomic E-state index is 0.236. The molecule has 0 radical (unpaired) electrons. The third-order valence-electron chi connectivity index (χ3n) is 3.51. The molecule has 0 aliphatic heterocycles. The summed E-state index contributed by atoms with van der Waals surface area (Å²) in [5, 5.41) is 14.2. The Kier molecular flexibility index (Phi) is 7.25. The monoisotopic (exact) mass is 334 g/mol. The van der Waals surface area contributed by atoms with E-state index in [1.807, 2.05) is 0 Å². The molecular formula is C20H38N4. The predicted molar refractivity (Wildman–Crippen MR) is 111 cm³/mol. The van der Waals surface area contributed by atoms with Crippen LogP contribution in [0.5, 0.6) is 0 Å². The van der Waals surface area contributed by atoms with Gasteiger partial charge >= 0.3 is 0 Å². The molecule has 0 fully saturated rings. The molecule has 4 nitrogen and oxygen atoms in total. The molecule has 0 amide bonds. The Morgan fingerprint density at radius 3 is 1.12 bits per heavy atom. The van der Waals surface area contributed by atoms with Crippen LogP contribution in [-0.4, -0.2) is 26.2 Å². The molecule has 0 aliphatic carbocycles. The van der Waals surface area contributed by atoms with Crippen LogP contribution in [0, 0.1) is 10.8 Å². The van der Waals surface area contributed by atoms with Gasteiger partial charge in [0.25, 0.3) is 0 Å². The van der Waals surface area contributed by atoms with E-state index in [0.29, 0.717) is 0 Å². The van der Waals surface area contributed by atoms with E-state index in [-0.39, 0.29) is 10.8 Å². The van der Waals surface area contributed by atoms with Gasteiger partial charge in [-0.25, -0.2) is 0 Å². The molecule has 1 aromatic rings. The van der Waals surface area contributed by atoms with E-state index in [9.17, 15) is 0 Å². The van der Waals surface area contributed by atoms with Gasteiger partial charge in [-0.1, -0.05) is 41.5 Å². The maximum absolute atomic E-state index is 3.63. The van der Waals surface area contributed by atoms with Crippen LogP contribution in [0.2, 0.25) is 0 Å². The fraction of sp³-hybridized carbons (Fsp3) is 0.700. The van der Waals surface area contributed by atoms with Gasteiger partial charge in [0.15, 0.2) is 0 Å². The number of hydrogen-bond acceptors (Lipinski definition) is 4. The Hall–Kier alpha value is -1.58. The van der Waals surface area contributed by atoms with Crippen molar-refractivity contribution in [1.82, 2.24) is 0 Å². The highest BCUT2D eigenvalue weighted by molar-refractivity contribution is 5.84. The van der Waals surface area contributed by atoms with Crippen LogP contribution >= 0.6 is 0 Å². The van der Waals surface area contributed by atoms with Crippen LogP contribution < -0.4 is 21.3 Å². The van der Waals surface area contributed by atoms with Crippen LogP contribution in [0.15, 0.2) is 12.1 Å². The van der Waals surface area contributed by atoms with Crippen LogP contribution in [0.25, 0.3) is 0 Å². The van der Waals surface area contributed by atoms with Crippen molar-refractivity contribution in [2.45, 2.75) is 55.4 Å². The largest absolute Gasteiger partial charge is 0.384 e. The molecule has 0 bridgehead atoms. The second-order valence-corrected chi connectivity index (χ2v) is 8.83. The summed E-state index contributed by atoms with van der Waals surface area (Å²) in [6, 6.07) is 4.44. The molecule has 0 aromatic heterocycles. The molecule has 0 spiro atoms. The van der Waals surface area contributed by atoms with E-state index >= 15 is 0 Å². The Balaban J connectivity index is 3.15. The topological polar surface area (TPSA) is 48.1 Å². The second kappa shape index (κ2) is 8.50. The number of rotatable bonds is 8. The van der Waals surface area contributed by atoms with Crippen molar-refractivity contribution < 1.29 is 0 Å². The Morgan fingerprint density at radius 1 is 0.583 bits per heavy atom. The summed E-state index contributed by atoms with van der Waals surface area (Å²) in [6.45, 7) is 21.4. The Bertz CT molecular complexity index is 463. The molecule has 4 N–H and O–H groups in total.